The molecule has 0 aliphatic carbocycles. The van der Waals surface area contributed by atoms with Gasteiger partial charge in [0.25, 0.3) is 12.0 Å². The van der Waals surface area contributed by atoms with Crippen LogP contribution >= 0.6 is 0 Å². The van der Waals surface area contributed by atoms with Crippen LogP contribution in [-0.2, 0) is 18.9 Å². The molecule has 0 saturated carbocycles. The second-order valence-corrected chi connectivity index (χ2v) is 6.35. The summed E-state index contributed by atoms with van der Waals surface area (Å²) in [6.45, 7) is 2.49. The van der Waals surface area contributed by atoms with Crippen molar-refractivity contribution in [2.45, 2.75) is 50.5 Å². The summed E-state index contributed by atoms with van der Waals surface area (Å²) in [4.78, 5) is 22.6. The lowest BCUT2D eigenvalue weighted by molar-refractivity contribution is -0.271. The van der Waals surface area contributed by atoms with Gasteiger partial charge in [-0.2, -0.15) is 4.98 Å². The molecule has 4 N–H and O–H groups in total. The maximum absolute atomic E-state index is 12.0. The molecule has 2 aromatic heterocycles. The van der Waals surface area contributed by atoms with Gasteiger partial charge in [0.05, 0.1) is 12.4 Å². The molecule has 2 fully saturated rings. The molecule has 11 heteroatoms. The number of rotatable bonds is 3. The summed E-state index contributed by atoms with van der Waals surface area (Å²) >= 11 is 0. The van der Waals surface area contributed by atoms with Crippen LogP contribution in [0, 0.1) is 0 Å². The Morgan fingerprint density at radius 2 is 2.28 bits per heavy atom. The second-order valence-electron chi connectivity index (χ2n) is 6.35. The first-order chi connectivity index (χ1) is 11.8. The van der Waals surface area contributed by atoms with Gasteiger partial charge in [0.15, 0.2) is 17.4 Å². The molecule has 0 radical (unpaired) electrons. The fraction of sp³-hybridized carbons (Fsp3) is 0.643. The Morgan fingerprint density at radius 1 is 1.52 bits per heavy atom. The molecular weight excluding hydrogens is 334 g/mol. The predicted octanol–water partition coefficient (Wildman–Crippen LogP) is -0.916. The van der Waals surface area contributed by atoms with E-state index in [9.17, 15) is 9.90 Å². The Hall–Kier alpha value is -2.05. The number of nitrogens with one attached hydrogen (secondary N) is 1. The number of hydrogen-bond donors (Lipinski definition) is 3. The van der Waals surface area contributed by atoms with Crippen molar-refractivity contribution in [2.75, 3.05) is 12.8 Å². The van der Waals surface area contributed by atoms with Crippen LogP contribution in [0.15, 0.2) is 11.1 Å². The number of hydrogen-bond acceptors (Lipinski definition) is 9. The molecule has 6 atom stereocenters. The molecule has 2 aromatic rings. The first-order valence-corrected chi connectivity index (χ1v) is 7.77. The van der Waals surface area contributed by atoms with Crippen molar-refractivity contribution >= 4 is 17.1 Å². The average molecular weight is 353 g/mol. The van der Waals surface area contributed by atoms with Gasteiger partial charge in [-0.15, -0.1) is 0 Å². The van der Waals surface area contributed by atoms with E-state index in [1.165, 1.54) is 13.4 Å². The van der Waals surface area contributed by atoms with Crippen molar-refractivity contribution in [3.8, 4) is 0 Å². The number of aliphatic hydroxyl groups is 1. The van der Waals surface area contributed by atoms with Gasteiger partial charge >= 0.3 is 0 Å². The lowest BCUT2D eigenvalue weighted by Crippen LogP contribution is -2.43. The highest BCUT2D eigenvalue weighted by atomic mass is 16.9. The van der Waals surface area contributed by atoms with E-state index in [-0.39, 0.29) is 17.1 Å². The first-order valence-electron chi connectivity index (χ1n) is 7.77. The third-order valence-corrected chi connectivity index (χ3v) is 4.62. The Labute approximate surface area is 141 Å². The van der Waals surface area contributed by atoms with Gasteiger partial charge in [0, 0.05) is 7.11 Å². The number of aromatic amines is 1. The number of nitrogen functional groups attached to an aromatic ring is 1. The predicted molar refractivity (Wildman–Crippen MR) is 83.3 cm³/mol. The van der Waals surface area contributed by atoms with Crippen LogP contribution in [-0.4, -0.2) is 62.1 Å². The monoisotopic (exact) mass is 353 g/mol. The van der Waals surface area contributed by atoms with E-state index in [4.69, 9.17) is 24.7 Å². The summed E-state index contributed by atoms with van der Waals surface area (Å²) in [7, 11) is 1.46. The first kappa shape index (κ1) is 16.4. The average Bonchev–Trinajstić information content (AvgIpc) is 3.16. The van der Waals surface area contributed by atoms with Crippen molar-refractivity contribution in [3.63, 3.8) is 0 Å². The third kappa shape index (κ3) is 2.28. The van der Waals surface area contributed by atoms with E-state index in [0.29, 0.717) is 0 Å². The van der Waals surface area contributed by atoms with Gasteiger partial charge in [-0.1, -0.05) is 0 Å². The van der Waals surface area contributed by atoms with E-state index in [1.54, 1.807) is 18.4 Å². The van der Waals surface area contributed by atoms with Gasteiger partial charge in [-0.05, 0) is 13.8 Å². The molecule has 4 heterocycles. The lowest BCUT2D eigenvalue weighted by Gasteiger charge is -2.28. The third-order valence-electron chi connectivity index (χ3n) is 4.62. The Morgan fingerprint density at radius 3 is 2.96 bits per heavy atom. The number of nitrogens with zero attached hydrogens (tertiary/aromatic N) is 3. The highest BCUT2D eigenvalue weighted by Crippen LogP contribution is 2.49. The maximum atomic E-state index is 12.0. The molecule has 2 saturated heterocycles. The number of aromatic nitrogens is 4. The number of methoxy groups -OCH3 is 1. The minimum absolute atomic E-state index is 0.0376. The van der Waals surface area contributed by atoms with Crippen LogP contribution < -0.4 is 11.3 Å². The number of H-pyrrole nitrogens is 1. The number of fused-ring (bicyclic) bond motifs is 2. The summed E-state index contributed by atoms with van der Waals surface area (Å²) < 4.78 is 24.3. The van der Waals surface area contributed by atoms with Crippen molar-refractivity contribution in [1.82, 2.24) is 19.5 Å². The fourth-order valence-electron chi connectivity index (χ4n) is 3.44. The van der Waals surface area contributed by atoms with E-state index in [2.05, 4.69) is 15.0 Å². The molecule has 1 unspecified atom stereocenters. The zero-order chi connectivity index (χ0) is 17.9. The second kappa shape index (κ2) is 5.47. The number of ether oxygens (including phenoxy) is 4. The fourth-order valence-corrected chi connectivity index (χ4v) is 3.44. The molecule has 0 bridgehead atoms. The largest absolute Gasteiger partial charge is 0.391 e. The number of aliphatic hydroxyl groups excluding tert-OH is 1. The van der Waals surface area contributed by atoms with Gasteiger partial charge in [-0.3, -0.25) is 14.3 Å². The molecule has 0 spiro atoms. The van der Waals surface area contributed by atoms with E-state index in [1.807, 2.05) is 0 Å². The Balaban J connectivity index is 1.84. The van der Waals surface area contributed by atoms with Crippen LogP contribution in [0.5, 0.6) is 0 Å². The Kier molecular flexibility index (Phi) is 3.60. The quantitative estimate of drug-likeness (QED) is 0.637. The minimum Gasteiger partial charge on any atom is -0.391 e. The topological polar surface area (TPSA) is 147 Å². The van der Waals surface area contributed by atoms with Crippen molar-refractivity contribution in [1.29, 1.82) is 0 Å². The zero-order valence-corrected chi connectivity index (χ0v) is 13.9. The number of imidazole rings is 1. The highest BCUT2D eigenvalue weighted by Gasteiger charge is 2.63. The van der Waals surface area contributed by atoms with Crippen LogP contribution in [0.25, 0.3) is 11.2 Å². The van der Waals surface area contributed by atoms with Crippen LogP contribution in [0.1, 0.15) is 20.1 Å². The van der Waals surface area contributed by atoms with Crippen molar-refractivity contribution in [2.24, 2.45) is 0 Å². The van der Waals surface area contributed by atoms with Crippen LogP contribution in [0.4, 0.5) is 5.95 Å². The van der Waals surface area contributed by atoms with Crippen molar-refractivity contribution < 1.29 is 24.1 Å². The SMILES string of the molecule is COC1O[C@@H]2[C@@H]([C@@H](C)O)O[C@@H](n3cnc4c(=O)[nH]c(N)nc43)[C@]2(C)O1. The normalized spacial score (nSPS) is 36.0. The summed E-state index contributed by atoms with van der Waals surface area (Å²) in [6.07, 6.45) is -1.39. The van der Waals surface area contributed by atoms with E-state index < -0.39 is 42.2 Å². The molecule has 0 aromatic carbocycles. The molecule has 2 aliphatic rings. The summed E-state index contributed by atoms with van der Waals surface area (Å²) in [5.41, 5.74) is 4.58. The van der Waals surface area contributed by atoms with Crippen molar-refractivity contribution in [3.05, 3.63) is 16.7 Å². The summed E-state index contributed by atoms with van der Waals surface area (Å²) in [5.74, 6) is -0.0376. The summed E-state index contributed by atoms with van der Waals surface area (Å²) in [5, 5.41) is 10.1. The molecular formula is C14H19N5O6. The standard InChI is InChI=1S/C14H19N5O6/c1-5(20)7-8-14(2,25-13(22-3)24-8)11(23-7)19-4-16-6-9(19)17-12(15)18-10(6)21/h4-5,7-8,11,13,20H,1-3H3,(H3,15,17,18,21)/t5-,7-,8-,11-,13?,14-/m1/s1. The number of nitrogens with two attached hydrogens (primary N) is 1. The zero-order valence-electron chi connectivity index (χ0n) is 13.9. The smallest absolute Gasteiger partial charge is 0.280 e. The highest BCUT2D eigenvalue weighted by molar-refractivity contribution is 5.70. The number of anilines is 1. The van der Waals surface area contributed by atoms with Crippen LogP contribution in [0.2, 0.25) is 0 Å². The minimum atomic E-state index is -0.991. The molecule has 4 rings (SSSR count). The summed E-state index contributed by atoms with van der Waals surface area (Å²) in [6, 6.07) is 0. The van der Waals surface area contributed by atoms with Gasteiger partial charge in [-0.25, -0.2) is 4.98 Å². The van der Waals surface area contributed by atoms with Gasteiger partial charge in [0.2, 0.25) is 5.95 Å². The molecule has 11 nitrogen and oxygen atoms in total. The lowest BCUT2D eigenvalue weighted by atomic mass is 9.94. The van der Waals surface area contributed by atoms with Gasteiger partial charge in [0.1, 0.15) is 17.8 Å². The van der Waals surface area contributed by atoms with Crippen LogP contribution in [0.3, 0.4) is 0 Å². The van der Waals surface area contributed by atoms with E-state index >= 15 is 0 Å². The molecule has 0 amide bonds. The van der Waals surface area contributed by atoms with Gasteiger partial charge < -0.3 is 29.8 Å². The molecule has 2 aliphatic heterocycles. The van der Waals surface area contributed by atoms with E-state index in [0.717, 1.165) is 0 Å². The Bertz CT molecular complexity index is 865. The molecule has 25 heavy (non-hydrogen) atoms. The molecule has 136 valence electrons. The maximum Gasteiger partial charge on any atom is 0.280 e.